The summed E-state index contributed by atoms with van der Waals surface area (Å²) in [6.07, 6.45) is 1.76. The van der Waals surface area contributed by atoms with E-state index in [9.17, 15) is 9.59 Å². The Balaban J connectivity index is 0.00000392. The Hall–Kier alpha value is -1.63. The first kappa shape index (κ1) is 24.4. The molecule has 1 fully saturated rings. The zero-order valence-electron chi connectivity index (χ0n) is 17.6. The number of aryl methyl sites for hydroxylation is 1. The molecule has 0 bridgehead atoms. The van der Waals surface area contributed by atoms with E-state index in [2.05, 4.69) is 30.1 Å². The van der Waals surface area contributed by atoms with Crippen LogP contribution in [0.2, 0.25) is 0 Å². The molecule has 0 radical (unpaired) electrons. The molecule has 7 heteroatoms. The number of amides is 1. The largest absolute Gasteiger partial charge is 0.480 e. The number of carboxylic acids is 1. The number of rotatable bonds is 7. The molecule has 1 heterocycles. The summed E-state index contributed by atoms with van der Waals surface area (Å²) in [7, 11) is 1.86. The van der Waals surface area contributed by atoms with E-state index in [1.54, 1.807) is 0 Å². The molecule has 1 unspecified atom stereocenters. The second-order valence-electron chi connectivity index (χ2n) is 7.94. The van der Waals surface area contributed by atoms with Crippen LogP contribution < -0.4 is 5.32 Å². The second kappa shape index (κ2) is 10.8. The molecule has 28 heavy (non-hydrogen) atoms. The molecule has 0 aliphatic carbocycles. The minimum absolute atomic E-state index is 0. The number of nitrogens with zero attached hydrogens (tertiary/aromatic N) is 2. The van der Waals surface area contributed by atoms with Crippen LogP contribution in [0.1, 0.15) is 50.7 Å². The van der Waals surface area contributed by atoms with Crippen molar-refractivity contribution in [3.8, 4) is 0 Å². The van der Waals surface area contributed by atoms with Gasteiger partial charge in [0.05, 0.1) is 12.6 Å². The van der Waals surface area contributed by atoms with Gasteiger partial charge in [0.1, 0.15) is 0 Å². The van der Waals surface area contributed by atoms with Gasteiger partial charge in [-0.15, -0.1) is 12.4 Å². The molecule has 2 N–H and O–H groups in total. The first-order valence-electron chi connectivity index (χ1n) is 9.77. The Morgan fingerprint density at radius 3 is 2.39 bits per heavy atom. The van der Waals surface area contributed by atoms with E-state index in [1.165, 1.54) is 0 Å². The van der Waals surface area contributed by atoms with Gasteiger partial charge in [-0.05, 0) is 50.8 Å². The van der Waals surface area contributed by atoms with E-state index in [1.807, 2.05) is 37.9 Å². The molecular weight excluding hydrogens is 378 g/mol. The average Bonchev–Trinajstić information content (AvgIpc) is 2.62. The van der Waals surface area contributed by atoms with E-state index in [-0.39, 0.29) is 36.9 Å². The molecule has 1 amide bonds. The molecule has 1 atom stereocenters. The highest BCUT2D eigenvalue weighted by atomic mass is 35.5. The third-order valence-electron chi connectivity index (χ3n) is 5.61. The Kier molecular flexibility index (Phi) is 9.40. The summed E-state index contributed by atoms with van der Waals surface area (Å²) in [6.45, 7) is 9.90. The molecule has 1 saturated heterocycles. The zero-order chi connectivity index (χ0) is 20.1. The topological polar surface area (TPSA) is 72.9 Å². The van der Waals surface area contributed by atoms with Gasteiger partial charge in [0.2, 0.25) is 5.91 Å². The van der Waals surface area contributed by atoms with Crippen molar-refractivity contribution in [2.75, 3.05) is 32.0 Å². The van der Waals surface area contributed by atoms with E-state index in [0.29, 0.717) is 5.92 Å². The Morgan fingerprint density at radius 2 is 1.86 bits per heavy atom. The van der Waals surface area contributed by atoms with Crippen LogP contribution in [0.4, 0.5) is 5.69 Å². The van der Waals surface area contributed by atoms with Crippen LogP contribution in [0.3, 0.4) is 0 Å². The van der Waals surface area contributed by atoms with Gasteiger partial charge >= 0.3 is 5.97 Å². The number of benzene rings is 1. The lowest BCUT2D eigenvalue weighted by Gasteiger charge is -2.38. The van der Waals surface area contributed by atoms with Gasteiger partial charge in [0, 0.05) is 24.8 Å². The number of nitrogens with one attached hydrogen (secondary N) is 1. The molecule has 0 spiro atoms. The number of para-hydroxylation sites is 1. The van der Waals surface area contributed by atoms with Crippen LogP contribution in [0.15, 0.2) is 18.2 Å². The van der Waals surface area contributed by atoms with Crippen molar-refractivity contribution in [3.05, 3.63) is 29.3 Å². The number of halogens is 1. The highest BCUT2D eigenvalue weighted by Crippen LogP contribution is 2.28. The van der Waals surface area contributed by atoms with Crippen LogP contribution in [0.5, 0.6) is 0 Å². The molecule has 2 rings (SSSR count). The van der Waals surface area contributed by atoms with Crippen molar-refractivity contribution in [1.82, 2.24) is 9.80 Å². The maximum absolute atomic E-state index is 12.9. The van der Waals surface area contributed by atoms with Crippen molar-refractivity contribution >= 4 is 30.0 Å². The first-order valence-corrected chi connectivity index (χ1v) is 9.77. The lowest BCUT2D eigenvalue weighted by atomic mass is 9.97. The average molecular weight is 412 g/mol. The number of hydrogen-bond acceptors (Lipinski definition) is 4. The summed E-state index contributed by atoms with van der Waals surface area (Å²) in [5.41, 5.74) is 3.17. The predicted molar refractivity (Wildman–Crippen MR) is 115 cm³/mol. The lowest BCUT2D eigenvalue weighted by molar-refractivity contribution is -0.138. The van der Waals surface area contributed by atoms with Crippen LogP contribution in [0.25, 0.3) is 0 Å². The molecule has 1 aliphatic rings. The standard InChI is InChI=1S/C21H33N3O3.ClH/c1-14(2)18-8-6-7-15(3)20(18)22-21(27)16(4)24-11-9-17(10-12-24)23(5)13-19(25)26;/h6-8,14,16-17H,9-13H2,1-5H3,(H,22,27)(H,25,26);1H. The highest BCUT2D eigenvalue weighted by Gasteiger charge is 2.29. The van der Waals surface area contributed by atoms with Gasteiger partial charge < -0.3 is 10.4 Å². The van der Waals surface area contributed by atoms with Crippen LogP contribution in [-0.4, -0.2) is 65.5 Å². The van der Waals surface area contributed by atoms with Crippen molar-refractivity contribution in [3.63, 3.8) is 0 Å². The number of likely N-dealkylation sites (N-methyl/N-ethyl adjacent to an activating group) is 1. The number of likely N-dealkylation sites (tertiary alicyclic amines) is 1. The summed E-state index contributed by atoms with van der Waals surface area (Å²) in [5, 5.41) is 12.1. The van der Waals surface area contributed by atoms with Crippen LogP contribution in [0, 0.1) is 6.92 Å². The quantitative estimate of drug-likeness (QED) is 0.719. The number of carbonyl (C=O) groups excluding carboxylic acids is 1. The van der Waals surface area contributed by atoms with Crippen molar-refractivity contribution in [2.45, 2.75) is 58.5 Å². The number of aliphatic carboxylic acids is 1. The molecule has 1 aliphatic heterocycles. The first-order chi connectivity index (χ1) is 12.7. The molecule has 158 valence electrons. The normalized spacial score (nSPS) is 16.7. The maximum atomic E-state index is 12.9. The van der Waals surface area contributed by atoms with Gasteiger partial charge in [0.25, 0.3) is 0 Å². The van der Waals surface area contributed by atoms with Gasteiger partial charge in [-0.25, -0.2) is 0 Å². The summed E-state index contributed by atoms with van der Waals surface area (Å²) >= 11 is 0. The number of hydrogen-bond donors (Lipinski definition) is 2. The van der Waals surface area contributed by atoms with Crippen molar-refractivity contribution < 1.29 is 14.7 Å². The second-order valence-corrected chi connectivity index (χ2v) is 7.94. The van der Waals surface area contributed by atoms with Gasteiger partial charge in [-0.1, -0.05) is 32.0 Å². The summed E-state index contributed by atoms with van der Waals surface area (Å²) < 4.78 is 0. The molecular formula is C21H34ClN3O3. The summed E-state index contributed by atoms with van der Waals surface area (Å²) in [6, 6.07) is 6.17. The predicted octanol–water partition coefficient (Wildman–Crippen LogP) is 3.35. The Morgan fingerprint density at radius 1 is 1.25 bits per heavy atom. The number of carbonyl (C=O) groups is 2. The van der Waals surface area contributed by atoms with E-state index >= 15 is 0 Å². The molecule has 1 aromatic rings. The van der Waals surface area contributed by atoms with Crippen LogP contribution in [-0.2, 0) is 9.59 Å². The minimum atomic E-state index is -0.799. The smallest absolute Gasteiger partial charge is 0.317 e. The van der Waals surface area contributed by atoms with Crippen LogP contribution >= 0.6 is 12.4 Å². The van der Waals surface area contributed by atoms with E-state index in [4.69, 9.17) is 5.11 Å². The van der Waals surface area contributed by atoms with Crippen molar-refractivity contribution in [2.24, 2.45) is 0 Å². The third-order valence-corrected chi connectivity index (χ3v) is 5.61. The lowest BCUT2D eigenvalue weighted by Crippen LogP contribution is -2.50. The Labute approximate surface area is 174 Å². The fourth-order valence-corrected chi connectivity index (χ4v) is 3.79. The molecule has 1 aromatic carbocycles. The van der Waals surface area contributed by atoms with E-state index in [0.717, 1.165) is 42.7 Å². The SMILES string of the molecule is Cc1cccc(C(C)C)c1NC(=O)C(C)N1CCC(N(C)CC(=O)O)CC1.Cl. The highest BCUT2D eigenvalue weighted by molar-refractivity contribution is 5.96. The summed E-state index contributed by atoms with van der Waals surface area (Å²) in [5.74, 6) is -0.438. The molecule has 6 nitrogen and oxygen atoms in total. The maximum Gasteiger partial charge on any atom is 0.317 e. The number of anilines is 1. The minimum Gasteiger partial charge on any atom is -0.480 e. The summed E-state index contributed by atoms with van der Waals surface area (Å²) in [4.78, 5) is 27.8. The van der Waals surface area contributed by atoms with Gasteiger partial charge in [0.15, 0.2) is 0 Å². The number of piperidine rings is 1. The number of carboxylic acid groups (broad SMARTS) is 1. The van der Waals surface area contributed by atoms with Gasteiger partial charge in [-0.3, -0.25) is 19.4 Å². The molecule has 0 aromatic heterocycles. The van der Waals surface area contributed by atoms with E-state index < -0.39 is 5.97 Å². The third kappa shape index (κ3) is 6.19. The fraction of sp³-hybridized carbons (Fsp3) is 0.619. The fourth-order valence-electron chi connectivity index (χ4n) is 3.79. The zero-order valence-corrected chi connectivity index (χ0v) is 18.4. The monoisotopic (exact) mass is 411 g/mol. The van der Waals surface area contributed by atoms with Crippen molar-refractivity contribution in [1.29, 1.82) is 0 Å². The Bertz CT molecular complexity index is 673. The molecule has 0 saturated carbocycles. The van der Waals surface area contributed by atoms with Gasteiger partial charge in [-0.2, -0.15) is 0 Å².